The lowest BCUT2D eigenvalue weighted by atomic mass is 10.1. The highest BCUT2D eigenvalue weighted by atomic mass is 35.5. The van der Waals surface area contributed by atoms with Gasteiger partial charge in [-0.1, -0.05) is 43.1 Å². The van der Waals surface area contributed by atoms with Crippen molar-refractivity contribution in [3.05, 3.63) is 33.8 Å². The molecule has 1 aromatic carbocycles. The van der Waals surface area contributed by atoms with Crippen molar-refractivity contribution in [2.45, 2.75) is 33.4 Å². The highest BCUT2D eigenvalue weighted by Gasteiger charge is 2.19. The number of halogens is 3. The third kappa shape index (κ3) is 6.85. The van der Waals surface area contributed by atoms with Gasteiger partial charge in [0.2, 0.25) is 11.8 Å². The number of carbonyl (C=O) groups excluding carboxylic acids is 2. The van der Waals surface area contributed by atoms with E-state index in [1.165, 1.54) is 0 Å². The number of nitrogens with zero attached hydrogens (tertiary/aromatic N) is 1. The molecular formula is C16H24Cl3N3O2. The van der Waals surface area contributed by atoms with Crippen LogP contribution in [0.3, 0.4) is 0 Å². The van der Waals surface area contributed by atoms with Gasteiger partial charge in [0.05, 0.1) is 22.6 Å². The number of amides is 2. The van der Waals surface area contributed by atoms with Gasteiger partial charge >= 0.3 is 0 Å². The zero-order valence-electron chi connectivity index (χ0n) is 14.0. The van der Waals surface area contributed by atoms with Gasteiger partial charge in [0, 0.05) is 13.1 Å². The van der Waals surface area contributed by atoms with Gasteiger partial charge in [-0.3, -0.25) is 9.59 Å². The summed E-state index contributed by atoms with van der Waals surface area (Å²) in [7, 11) is 0. The molecule has 0 saturated carbocycles. The molecule has 8 heteroatoms. The molecule has 0 aromatic heterocycles. The van der Waals surface area contributed by atoms with E-state index in [-0.39, 0.29) is 36.7 Å². The van der Waals surface area contributed by atoms with E-state index in [0.717, 1.165) is 5.56 Å². The minimum Gasteiger partial charge on any atom is -0.346 e. The van der Waals surface area contributed by atoms with E-state index in [4.69, 9.17) is 28.9 Å². The van der Waals surface area contributed by atoms with Crippen molar-refractivity contribution < 1.29 is 9.59 Å². The van der Waals surface area contributed by atoms with Gasteiger partial charge in [-0.05, 0) is 30.5 Å². The molecule has 0 heterocycles. The Kier molecular flexibility index (Phi) is 10.3. The Labute approximate surface area is 159 Å². The zero-order valence-corrected chi connectivity index (χ0v) is 16.3. The third-order valence-corrected chi connectivity index (χ3v) is 4.27. The van der Waals surface area contributed by atoms with Gasteiger partial charge in [-0.25, -0.2) is 0 Å². The van der Waals surface area contributed by atoms with E-state index < -0.39 is 6.04 Å². The van der Waals surface area contributed by atoms with Crippen molar-refractivity contribution in [1.82, 2.24) is 10.2 Å². The van der Waals surface area contributed by atoms with E-state index >= 15 is 0 Å². The molecule has 1 aromatic rings. The molecule has 0 bridgehead atoms. The molecule has 0 fully saturated rings. The van der Waals surface area contributed by atoms with Crippen LogP contribution in [-0.4, -0.2) is 35.8 Å². The van der Waals surface area contributed by atoms with Crippen molar-refractivity contribution in [3.63, 3.8) is 0 Å². The number of hydrogen-bond acceptors (Lipinski definition) is 3. The van der Waals surface area contributed by atoms with E-state index in [1.54, 1.807) is 17.0 Å². The minimum absolute atomic E-state index is 0. The van der Waals surface area contributed by atoms with Crippen LogP contribution < -0.4 is 11.1 Å². The van der Waals surface area contributed by atoms with Crippen LogP contribution >= 0.6 is 35.6 Å². The third-order valence-electron chi connectivity index (χ3n) is 3.53. The van der Waals surface area contributed by atoms with Crippen LogP contribution in [0.2, 0.25) is 10.0 Å². The van der Waals surface area contributed by atoms with Crippen LogP contribution in [0.25, 0.3) is 0 Å². The van der Waals surface area contributed by atoms with E-state index in [0.29, 0.717) is 23.1 Å². The smallest absolute Gasteiger partial charge is 0.242 e. The molecule has 0 aliphatic carbocycles. The Bertz CT molecular complexity index is 567. The molecule has 0 saturated heterocycles. The Balaban J connectivity index is 0.00000529. The van der Waals surface area contributed by atoms with Crippen LogP contribution in [0, 0.1) is 5.92 Å². The second-order valence-corrected chi connectivity index (χ2v) is 6.46. The summed E-state index contributed by atoms with van der Waals surface area (Å²) in [5.74, 6) is -0.481. The van der Waals surface area contributed by atoms with Crippen molar-refractivity contribution in [3.8, 4) is 0 Å². The maximum atomic E-state index is 12.2. The van der Waals surface area contributed by atoms with Crippen molar-refractivity contribution in [1.29, 1.82) is 0 Å². The first-order valence-corrected chi connectivity index (χ1v) is 8.26. The fourth-order valence-corrected chi connectivity index (χ4v) is 2.25. The van der Waals surface area contributed by atoms with Gasteiger partial charge in [0.25, 0.3) is 0 Å². The lowest BCUT2D eigenvalue weighted by Crippen LogP contribution is -2.47. The highest BCUT2D eigenvalue weighted by Crippen LogP contribution is 2.23. The SMILES string of the molecule is CCN(Cc1ccc(Cl)c(Cl)c1)C(=O)CNC(=O)[C@@H](N)C(C)C.Cl. The normalized spacial score (nSPS) is 11.6. The summed E-state index contributed by atoms with van der Waals surface area (Å²) >= 11 is 11.9. The average Bonchev–Trinajstić information content (AvgIpc) is 2.52. The summed E-state index contributed by atoms with van der Waals surface area (Å²) in [6.07, 6.45) is 0. The van der Waals surface area contributed by atoms with Crippen molar-refractivity contribution >= 4 is 47.4 Å². The highest BCUT2D eigenvalue weighted by molar-refractivity contribution is 6.42. The molecule has 0 aliphatic rings. The van der Waals surface area contributed by atoms with Crippen LogP contribution in [0.15, 0.2) is 18.2 Å². The summed E-state index contributed by atoms with van der Waals surface area (Å²) < 4.78 is 0. The van der Waals surface area contributed by atoms with E-state index in [9.17, 15) is 9.59 Å². The van der Waals surface area contributed by atoms with Crippen LogP contribution in [0.1, 0.15) is 26.3 Å². The van der Waals surface area contributed by atoms with Gasteiger partial charge in [0.15, 0.2) is 0 Å². The summed E-state index contributed by atoms with van der Waals surface area (Å²) in [5.41, 5.74) is 6.62. The fourth-order valence-electron chi connectivity index (χ4n) is 1.93. The molecule has 3 N–H and O–H groups in total. The van der Waals surface area contributed by atoms with Gasteiger partial charge in [0.1, 0.15) is 0 Å². The number of benzene rings is 1. The van der Waals surface area contributed by atoms with Crippen molar-refractivity contribution in [2.24, 2.45) is 11.7 Å². The number of rotatable bonds is 7. The van der Waals surface area contributed by atoms with Gasteiger partial charge in [-0.15, -0.1) is 12.4 Å². The predicted octanol–water partition coefficient (Wildman–Crippen LogP) is 2.86. The lowest BCUT2D eigenvalue weighted by molar-refractivity contribution is -0.133. The van der Waals surface area contributed by atoms with Gasteiger partial charge in [-0.2, -0.15) is 0 Å². The average molecular weight is 397 g/mol. The molecule has 24 heavy (non-hydrogen) atoms. The molecule has 0 unspecified atom stereocenters. The van der Waals surface area contributed by atoms with E-state index in [1.807, 2.05) is 26.8 Å². The number of carbonyl (C=O) groups is 2. The molecule has 0 spiro atoms. The topological polar surface area (TPSA) is 75.4 Å². The number of nitrogens with one attached hydrogen (secondary N) is 1. The number of hydrogen-bond donors (Lipinski definition) is 2. The summed E-state index contributed by atoms with van der Waals surface area (Å²) in [6, 6.07) is 4.62. The van der Waals surface area contributed by atoms with Crippen LogP contribution in [0.4, 0.5) is 0 Å². The molecule has 1 atom stereocenters. The standard InChI is InChI=1S/C16H23Cl2N3O2.ClH/c1-4-21(9-11-5-6-12(17)13(18)7-11)14(22)8-20-16(23)15(19)10(2)3;/h5-7,10,15H,4,8-9,19H2,1-3H3,(H,20,23);1H/t15-;/m0./s1. The molecule has 0 aliphatic heterocycles. The molecule has 5 nitrogen and oxygen atoms in total. The first-order valence-electron chi connectivity index (χ1n) is 7.51. The van der Waals surface area contributed by atoms with Crippen LogP contribution in [0.5, 0.6) is 0 Å². The Morgan fingerprint density at radius 2 is 1.88 bits per heavy atom. The summed E-state index contributed by atoms with van der Waals surface area (Å²) in [5, 5.41) is 3.50. The number of likely N-dealkylation sites (N-methyl/N-ethyl adjacent to an activating group) is 1. The zero-order chi connectivity index (χ0) is 17.6. The molecule has 136 valence electrons. The maximum absolute atomic E-state index is 12.2. The lowest BCUT2D eigenvalue weighted by Gasteiger charge is -2.22. The van der Waals surface area contributed by atoms with Crippen molar-refractivity contribution in [2.75, 3.05) is 13.1 Å². The summed E-state index contributed by atoms with van der Waals surface area (Å²) in [4.78, 5) is 25.7. The largest absolute Gasteiger partial charge is 0.346 e. The van der Waals surface area contributed by atoms with Gasteiger partial charge < -0.3 is 16.0 Å². The molecule has 0 radical (unpaired) electrons. The molecule has 2 amide bonds. The number of nitrogens with two attached hydrogens (primary N) is 1. The second kappa shape index (κ2) is 10.8. The minimum atomic E-state index is -0.618. The molecule has 1 rings (SSSR count). The predicted molar refractivity (Wildman–Crippen MR) is 101 cm³/mol. The monoisotopic (exact) mass is 395 g/mol. The Morgan fingerprint density at radius 3 is 2.38 bits per heavy atom. The molecular weight excluding hydrogens is 373 g/mol. The quantitative estimate of drug-likeness (QED) is 0.744. The maximum Gasteiger partial charge on any atom is 0.242 e. The first kappa shape index (κ1) is 23.0. The first-order chi connectivity index (χ1) is 10.8. The van der Waals surface area contributed by atoms with E-state index in [2.05, 4.69) is 5.32 Å². The second-order valence-electron chi connectivity index (χ2n) is 5.64. The summed E-state index contributed by atoms with van der Waals surface area (Å²) in [6.45, 7) is 6.43. The fraction of sp³-hybridized carbons (Fsp3) is 0.500. The Morgan fingerprint density at radius 1 is 1.25 bits per heavy atom. The Hall–Kier alpha value is -1.01. The van der Waals surface area contributed by atoms with Crippen LogP contribution in [-0.2, 0) is 16.1 Å².